The van der Waals surface area contributed by atoms with Crippen molar-refractivity contribution < 1.29 is 9.53 Å². The lowest BCUT2D eigenvalue weighted by molar-refractivity contribution is -0.121. The van der Waals surface area contributed by atoms with Crippen LogP contribution in [0.1, 0.15) is 23.1 Å². The number of nitrogens with two attached hydrogens (primary N) is 1. The van der Waals surface area contributed by atoms with Crippen LogP contribution in [0.5, 0.6) is 5.75 Å². The molecule has 0 heterocycles. The molecule has 0 radical (unpaired) electrons. The summed E-state index contributed by atoms with van der Waals surface area (Å²) in [5, 5.41) is 3.17. The van der Waals surface area contributed by atoms with E-state index in [4.69, 9.17) is 10.5 Å². The summed E-state index contributed by atoms with van der Waals surface area (Å²) in [7, 11) is 0. The molecule has 0 aliphatic heterocycles. The molecule has 0 spiro atoms. The number of hydrogen-bond donors (Lipinski definition) is 2. The Hall–Kier alpha value is -2.33. The van der Waals surface area contributed by atoms with E-state index in [0.717, 1.165) is 30.6 Å². The molecule has 4 heteroatoms. The highest BCUT2D eigenvalue weighted by molar-refractivity contribution is 5.79. The van der Waals surface area contributed by atoms with E-state index >= 15 is 0 Å². The summed E-state index contributed by atoms with van der Waals surface area (Å²) < 4.78 is 5.51. The third kappa shape index (κ3) is 4.36. The minimum Gasteiger partial charge on any atom is -0.492 e. The van der Waals surface area contributed by atoms with Crippen LogP contribution < -0.4 is 15.8 Å². The fraction of sp³-hybridized carbons (Fsp3) is 0.350. The molecular formula is C20H24N2O2. The van der Waals surface area contributed by atoms with E-state index in [0.29, 0.717) is 19.6 Å². The van der Waals surface area contributed by atoms with Crippen LogP contribution in [-0.2, 0) is 24.1 Å². The topological polar surface area (TPSA) is 64.3 Å². The second kappa shape index (κ2) is 7.97. The van der Waals surface area contributed by atoms with E-state index in [1.54, 1.807) is 0 Å². The van der Waals surface area contributed by atoms with Gasteiger partial charge < -0.3 is 15.8 Å². The fourth-order valence-electron chi connectivity index (χ4n) is 3.21. The molecule has 3 N–H and O–H groups in total. The third-order valence-corrected chi connectivity index (χ3v) is 4.36. The van der Waals surface area contributed by atoms with Crippen LogP contribution in [0.2, 0.25) is 0 Å². The molecular weight excluding hydrogens is 300 g/mol. The van der Waals surface area contributed by atoms with E-state index in [9.17, 15) is 4.79 Å². The number of aryl methyl sites for hydroxylation is 1. The first-order valence-electron chi connectivity index (χ1n) is 8.52. The van der Waals surface area contributed by atoms with Crippen LogP contribution in [0.3, 0.4) is 0 Å². The second-order valence-electron chi connectivity index (χ2n) is 6.24. The Bertz CT molecular complexity index is 700. The second-order valence-corrected chi connectivity index (χ2v) is 6.24. The number of benzene rings is 2. The SMILES string of the molecule is NCCOc1cccc(CC(=O)N[C@H]2CCc3ccccc3C2)c1. The summed E-state index contributed by atoms with van der Waals surface area (Å²) in [6.07, 6.45) is 3.32. The minimum atomic E-state index is 0.0651. The maximum atomic E-state index is 12.3. The first-order valence-corrected chi connectivity index (χ1v) is 8.52. The molecule has 2 aromatic carbocycles. The molecule has 2 aromatic rings. The van der Waals surface area contributed by atoms with Gasteiger partial charge in [-0.2, -0.15) is 0 Å². The van der Waals surface area contributed by atoms with E-state index < -0.39 is 0 Å². The van der Waals surface area contributed by atoms with Crippen molar-refractivity contribution in [1.29, 1.82) is 0 Å². The number of hydrogen-bond acceptors (Lipinski definition) is 3. The predicted molar refractivity (Wildman–Crippen MR) is 95.1 cm³/mol. The van der Waals surface area contributed by atoms with Gasteiger partial charge in [-0.05, 0) is 48.1 Å². The molecule has 126 valence electrons. The number of carbonyl (C=O) groups is 1. The van der Waals surface area contributed by atoms with Gasteiger partial charge in [0.25, 0.3) is 0 Å². The summed E-state index contributed by atoms with van der Waals surface area (Å²) in [4.78, 5) is 12.3. The zero-order valence-electron chi connectivity index (χ0n) is 13.8. The normalized spacial score (nSPS) is 16.3. The van der Waals surface area contributed by atoms with Crippen molar-refractivity contribution in [3.63, 3.8) is 0 Å². The van der Waals surface area contributed by atoms with Gasteiger partial charge in [0.2, 0.25) is 5.91 Å². The zero-order valence-corrected chi connectivity index (χ0v) is 13.8. The largest absolute Gasteiger partial charge is 0.492 e. The lowest BCUT2D eigenvalue weighted by atomic mass is 9.88. The van der Waals surface area contributed by atoms with Gasteiger partial charge in [0, 0.05) is 12.6 Å². The van der Waals surface area contributed by atoms with Crippen molar-refractivity contribution in [3.05, 3.63) is 65.2 Å². The van der Waals surface area contributed by atoms with E-state index in [1.165, 1.54) is 11.1 Å². The first kappa shape index (κ1) is 16.5. The van der Waals surface area contributed by atoms with Crippen molar-refractivity contribution in [1.82, 2.24) is 5.32 Å². The minimum absolute atomic E-state index is 0.0651. The molecule has 0 unspecified atom stereocenters. The highest BCUT2D eigenvalue weighted by atomic mass is 16.5. The Kier molecular flexibility index (Phi) is 5.49. The molecule has 24 heavy (non-hydrogen) atoms. The molecule has 0 saturated heterocycles. The summed E-state index contributed by atoms with van der Waals surface area (Å²) in [6.45, 7) is 0.963. The Labute approximate surface area is 143 Å². The van der Waals surface area contributed by atoms with Gasteiger partial charge in [0.1, 0.15) is 12.4 Å². The molecule has 4 nitrogen and oxygen atoms in total. The van der Waals surface area contributed by atoms with Crippen LogP contribution in [0.25, 0.3) is 0 Å². The quantitative estimate of drug-likeness (QED) is 0.856. The Morgan fingerprint density at radius 1 is 1.17 bits per heavy atom. The zero-order chi connectivity index (χ0) is 16.8. The van der Waals surface area contributed by atoms with Gasteiger partial charge in [-0.3, -0.25) is 4.79 Å². The molecule has 0 fully saturated rings. The van der Waals surface area contributed by atoms with Crippen molar-refractivity contribution in [2.75, 3.05) is 13.2 Å². The van der Waals surface area contributed by atoms with Gasteiger partial charge in [-0.15, -0.1) is 0 Å². The average molecular weight is 324 g/mol. The van der Waals surface area contributed by atoms with E-state index in [1.807, 2.05) is 24.3 Å². The number of amides is 1. The molecule has 1 aliphatic rings. The summed E-state index contributed by atoms with van der Waals surface area (Å²) in [6, 6.07) is 16.4. The van der Waals surface area contributed by atoms with Crippen molar-refractivity contribution in [3.8, 4) is 5.75 Å². The average Bonchev–Trinajstić information content (AvgIpc) is 2.60. The summed E-state index contributed by atoms with van der Waals surface area (Å²) in [5.74, 6) is 0.827. The summed E-state index contributed by atoms with van der Waals surface area (Å²) >= 11 is 0. The van der Waals surface area contributed by atoms with Gasteiger partial charge in [0.05, 0.1) is 6.42 Å². The maximum Gasteiger partial charge on any atom is 0.224 e. The summed E-state index contributed by atoms with van der Waals surface area (Å²) in [5.41, 5.74) is 9.16. The number of rotatable bonds is 6. The third-order valence-electron chi connectivity index (χ3n) is 4.36. The van der Waals surface area contributed by atoms with E-state index in [-0.39, 0.29) is 11.9 Å². The highest BCUT2D eigenvalue weighted by Crippen LogP contribution is 2.21. The highest BCUT2D eigenvalue weighted by Gasteiger charge is 2.19. The van der Waals surface area contributed by atoms with Crippen molar-refractivity contribution >= 4 is 5.91 Å². The van der Waals surface area contributed by atoms with Crippen LogP contribution in [0.4, 0.5) is 0 Å². The Morgan fingerprint density at radius 2 is 2.00 bits per heavy atom. The van der Waals surface area contributed by atoms with Crippen LogP contribution in [0.15, 0.2) is 48.5 Å². The molecule has 0 aromatic heterocycles. The number of fused-ring (bicyclic) bond motifs is 1. The standard InChI is InChI=1S/C20H24N2O2/c21-10-11-24-19-7-3-4-15(12-19)13-20(23)22-18-9-8-16-5-1-2-6-17(16)14-18/h1-7,12,18H,8-11,13-14,21H2,(H,22,23)/t18-/m0/s1. The number of nitrogens with one attached hydrogen (secondary N) is 1. The number of carbonyl (C=O) groups excluding carboxylic acids is 1. The van der Waals surface area contributed by atoms with Gasteiger partial charge in [-0.1, -0.05) is 36.4 Å². The molecule has 0 bridgehead atoms. The van der Waals surface area contributed by atoms with Crippen LogP contribution in [0, 0.1) is 0 Å². The van der Waals surface area contributed by atoms with Gasteiger partial charge in [0.15, 0.2) is 0 Å². The molecule has 1 aliphatic carbocycles. The smallest absolute Gasteiger partial charge is 0.224 e. The lowest BCUT2D eigenvalue weighted by Crippen LogP contribution is -2.39. The van der Waals surface area contributed by atoms with Crippen molar-refractivity contribution in [2.24, 2.45) is 5.73 Å². The van der Waals surface area contributed by atoms with Crippen LogP contribution >= 0.6 is 0 Å². The fourth-order valence-corrected chi connectivity index (χ4v) is 3.21. The maximum absolute atomic E-state index is 12.3. The lowest BCUT2D eigenvalue weighted by Gasteiger charge is -2.25. The van der Waals surface area contributed by atoms with Gasteiger partial charge in [-0.25, -0.2) is 0 Å². The Morgan fingerprint density at radius 3 is 2.83 bits per heavy atom. The van der Waals surface area contributed by atoms with E-state index in [2.05, 4.69) is 29.6 Å². The first-order chi connectivity index (χ1) is 11.7. The monoisotopic (exact) mass is 324 g/mol. The van der Waals surface area contributed by atoms with Gasteiger partial charge >= 0.3 is 0 Å². The molecule has 0 saturated carbocycles. The molecule has 1 atom stereocenters. The van der Waals surface area contributed by atoms with Crippen LogP contribution in [-0.4, -0.2) is 25.1 Å². The molecule has 1 amide bonds. The number of ether oxygens (including phenoxy) is 1. The molecule has 3 rings (SSSR count). The predicted octanol–water partition coefficient (Wildman–Crippen LogP) is 2.24. The van der Waals surface area contributed by atoms with Crippen molar-refractivity contribution in [2.45, 2.75) is 31.7 Å². The Balaban J connectivity index is 1.55.